The Balaban J connectivity index is 1.37. The average molecular weight is 687 g/mol. The molecule has 50 heavy (non-hydrogen) atoms. The summed E-state index contributed by atoms with van der Waals surface area (Å²) < 4.78 is 12.8. The van der Waals surface area contributed by atoms with Crippen LogP contribution in [-0.2, 0) is 9.53 Å². The highest BCUT2D eigenvalue weighted by atomic mass is 16.5. The topological polar surface area (TPSA) is 120 Å². The zero-order valence-corrected chi connectivity index (χ0v) is 30.0. The molecule has 0 unspecified atom stereocenters. The first-order valence-electron chi connectivity index (χ1n) is 18.3. The lowest BCUT2D eigenvalue weighted by Gasteiger charge is -2.36. The molecule has 3 aromatic rings. The van der Waals surface area contributed by atoms with Gasteiger partial charge in [0.2, 0.25) is 5.91 Å². The summed E-state index contributed by atoms with van der Waals surface area (Å²) in [5.74, 6) is -0.0838. The van der Waals surface area contributed by atoms with Gasteiger partial charge in [-0.1, -0.05) is 62.6 Å². The molecule has 10 nitrogen and oxygen atoms in total. The number of hydrogen-bond donors (Lipinski definition) is 3. The zero-order chi connectivity index (χ0) is 35.6. The van der Waals surface area contributed by atoms with Crippen LogP contribution in [-0.4, -0.2) is 84.4 Å². The number of rotatable bonds is 7. The Bertz CT molecular complexity index is 1600. The number of nitrogens with zero attached hydrogens (tertiary/aromatic N) is 2. The largest absolute Gasteiger partial charge is 0.490 e. The number of hydrogen-bond acceptors (Lipinski definition) is 6. The second-order valence-corrected chi connectivity index (χ2v) is 14.2. The van der Waals surface area contributed by atoms with Crippen LogP contribution in [0.15, 0.2) is 60.7 Å². The first-order valence-corrected chi connectivity index (χ1v) is 18.3. The quantitative estimate of drug-likeness (QED) is 0.240. The monoisotopic (exact) mass is 686 g/mol. The van der Waals surface area contributed by atoms with Gasteiger partial charge in [-0.15, -0.1) is 0 Å². The molecular formula is C40H54N4O6. The molecule has 1 heterocycles. The van der Waals surface area contributed by atoms with Crippen LogP contribution in [0.4, 0.5) is 16.2 Å². The summed E-state index contributed by atoms with van der Waals surface area (Å²) in [7, 11) is 1.75. The third-order valence-electron chi connectivity index (χ3n) is 10.1. The highest BCUT2D eigenvalue weighted by Crippen LogP contribution is 2.30. The Kier molecular flexibility index (Phi) is 13.1. The van der Waals surface area contributed by atoms with Crippen LogP contribution >= 0.6 is 0 Å². The van der Waals surface area contributed by atoms with Gasteiger partial charge in [0.25, 0.3) is 5.91 Å². The Morgan fingerprint density at radius 2 is 1.70 bits per heavy atom. The molecule has 0 bridgehead atoms. The number of carbonyl (C=O) groups is 3. The molecule has 3 N–H and O–H groups in total. The van der Waals surface area contributed by atoms with Crippen molar-refractivity contribution in [3.05, 3.63) is 66.2 Å². The number of aliphatic hydroxyl groups excluding tert-OH is 1. The molecule has 0 radical (unpaired) electrons. The van der Waals surface area contributed by atoms with Gasteiger partial charge < -0.3 is 35.0 Å². The van der Waals surface area contributed by atoms with Crippen LogP contribution in [0.1, 0.15) is 82.5 Å². The van der Waals surface area contributed by atoms with E-state index in [0.29, 0.717) is 30.2 Å². The maximum atomic E-state index is 14.5. The molecule has 3 aromatic carbocycles. The van der Waals surface area contributed by atoms with Crippen LogP contribution in [0.3, 0.4) is 0 Å². The minimum absolute atomic E-state index is 0.0184. The number of aliphatic hydroxyl groups is 1. The van der Waals surface area contributed by atoms with E-state index >= 15 is 0 Å². The van der Waals surface area contributed by atoms with Crippen molar-refractivity contribution in [3.8, 4) is 5.75 Å². The van der Waals surface area contributed by atoms with Gasteiger partial charge in [-0.2, -0.15) is 0 Å². The summed E-state index contributed by atoms with van der Waals surface area (Å²) >= 11 is 0. The van der Waals surface area contributed by atoms with Crippen LogP contribution in [0, 0.1) is 11.8 Å². The highest BCUT2D eigenvalue weighted by Gasteiger charge is 2.31. The Morgan fingerprint density at radius 1 is 0.960 bits per heavy atom. The van der Waals surface area contributed by atoms with Crippen molar-refractivity contribution < 1.29 is 29.0 Å². The highest BCUT2D eigenvalue weighted by molar-refractivity contribution is 6.02. The minimum Gasteiger partial charge on any atom is -0.490 e. The number of amides is 4. The van der Waals surface area contributed by atoms with E-state index in [2.05, 4.69) is 10.6 Å². The van der Waals surface area contributed by atoms with E-state index in [1.807, 2.05) is 63.2 Å². The predicted octanol–water partition coefficient (Wildman–Crippen LogP) is 7.32. The Labute approximate surface area is 296 Å². The average Bonchev–Trinajstić information content (AvgIpc) is 3.13. The molecular weight excluding hydrogens is 632 g/mol. The number of benzene rings is 3. The third kappa shape index (κ3) is 9.54. The third-order valence-corrected chi connectivity index (χ3v) is 10.1. The molecule has 1 fully saturated rings. The molecule has 10 heteroatoms. The number of likely N-dealkylation sites (N-methyl/N-ethyl adjacent to an activating group) is 1. The fourth-order valence-corrected chi connectivity index (χ4v) is 6.97. The molecule has 0 spiro atoms. The van der Waals surface area contributed by atoms with E-state index in [-0.39, 0.29) is 55.0 Å². The van der Waals surface area contributed by atoms with Gasteiger partial charge in [-0.25, -0.2) is 4.79 Å². The van der Waals surface area contributed by atoms with Crippen molar-refractivity contribution in [3.63, 3.8) is 0 Å². The first-order chi connectivity index (χ1) is 24.1. The van der Waals surface area contributed by atoms with Gasteiger partial charge >= 0.3 is 6.03 Å². The zero-order valence-electron chi connectivity index (χ0n) is 30.0. The lowest BCUT2D eigenvalue weighted by atomic mass is 9.88. The number of ether oxygens (including phenoxy) is 2. The smallest absolute Gasteiger partial charge is 0.321 e. The Morgan fingerprint density at radius 3 is 2.48 bits per heavy atom. The van der Waals surface area contributed by atoms with Gasteiger partial charge in [0.05, 0.1) is 36.1 Å². The molecule has 1 aliphatic carbocycles. The summed E-state index contributed by atoms with van der Waals surface area (Å²) in [6, 6.07) is 18.3. The van der Waals surface area contributed by atoms with Gasteiger partial charge in [0.1, 0.15) is 5.75 Å². The molecule has 0 aromatic heterocycles. The number of nitrogens with one attached hydrogen (secondary N) is 2. The standard InChI is InChI=1S/C40H54N4O6/c1-27-24-44(28(2)26-45)39(47)34-23-32(41-38(46)31-15-6-5-7-16-31)20-21-36(34)50-29(3)13-10-11-22-49-37(27)25-43(4)40(48)42-35-19-12-17-30-14-8-9-18-33(30)35/h8-9,12,14,17-21,23,27-29,31,37,45H,5-7,10-11,13,15-16,22,24-26H2,1-4H3,(H,41,46)(H,42,48)/t27-,28+,29-,37-/m0/s1. The molecule has 1 aliphatic heterocycles. The Hall–Kier alpha value is -4.15. The fraction of sp³-hybridized carbons (Fsp3) is 0.525. The predicted molar refractivity (Wildman–Crippen MR) is 198 cm³/mol. The number of fused-ring (bicyclic) bond motifs is 2. The molecule has 4 atom stereocenters. The molecule has 270 valence electrons. The second kappa shape index (κ2) is 17.7. The van der Waals surface area contributed by atoms with Crippen LogP contribution in [0.25, 0.3) is 10.8 Å². The summed E-state index contributed by atoms with van der Waals surface area (Å²) in [5.41, 5.74) is 1.62. The van der Waals surface area contributed by atoms with E-state index in [1.54, 1.807) is 35.0 Å². The lowest BCUT2D eigenvalue weighted by Crippen LogP contribution is -2.48. The number of urea groups is 1. The molecule has 2 aliphatic rings. The SMILES string of the molecule is C[C@H](CO)N1C[C@H](C)[C@H](CN(C)C(=O)Nc2cccc3ccccc23)OCCCC[C@H](C)Oc2ccc(NC(=O)C3CCCCC3)cc2C1=O. The van der Waals surface area contributed by atoms with Gasteiger partial charge in [0.15, 0.2) is 0 Å². The minimum atomic E-state index is -0.503. The van der Waals surface area contributed by atoms with Crippen molar-refractivity contribution in [2.45, 2.75) is 90.4 Å². The molecule has 0 saturated heterocycles. The van der Waals surface area contributed by atoms with Gasteiger partial charge in [-0.05, 0) is 75.6 Å². The molecule has 5 rings (SSSR count). The summed E-state index contributed by atoms with van der Waals surface area (Å²) in [4.78, 5) is 44.3. The second-order valence-electron chi connectivity index (χ2n) is 14.2. The molecule has 4 amide bonds. The number of anilines is 2. The van der Waals surface area contributed by atoms with E-state index < -0.39 is 6.04 Å². The van der Waals surface area contributed by atoms with E-state index in [4.69, 9.17) is 9.47 Å². The van der Waals surface area contributed by atoms with Crippen molar-refractivity contribution >= 4 is 40.0 Å². The first kappa shape index (κ1) is 37.1. The fourth-order valence-electron chi connectivity index (χ4n) is 6.97. The van der Waals surface area contributed by atoms with E-state index in [1.165, 1.54) is 0 Å². The van der Waals surface area contributed by atoms with Crippen LogP contribution in [0.2, 0.25) is 0 Å². The van der Waals surface area contributed by atoms with Gasteiger partial charge in [-0.3, -0.25) is 9.59 Å². The van der Waals surface area contributed by atoms with Crippen molar-refractivity contribution in [2.75, 3.05) is 44.0 Å². The maximum Gasteiger partial charge on any atom is 0.321 e. The van der Waals surface area contributed by atoms with Gasteiger partial charge in [0, 0.05) is 49.7 Å². The van der Waals surface area contributed by atoms with E-state index in [9.17, 15) is 19.5 Å². The van der Waals surface area contributed by atoms with Crippen molar-refractivity contribution in [1.29, 1.82) is 0 Å². The van der Waals surface area contributed by atoms with Crippen molar-refractivity contribution in [2.24, 2.45) is 11.8 Å². The summed E-state index contributed by atoms with van der Waals surface area (Å²) in [6.45, 7) is 6.66. The summed E-state index contributed by atoms with van der Waals surface area (Å²) in [6.07, 6.45) is 6.92. The normalized spacial score (nSPS) is 21.7. The summed E-state index contributed by atoms with van der Waals surface area (Å²) in [5, 5.41) is 18.4. The van der Waals surface area contributed by atoms with Crippen molar-refractivity contribution in [1.82, 2.24) is 9.80 Å². The molecule has 1 saturated carbocycles. The maximum absolute atomic E-state index is 14.5. The van der Waals surface area contributed by atoms with Crippen LogP contribution in [0.5, 0.6) is 5.75 Å². The number of carbonyl (C=O) groups excluding carboxylic acids is 3. The van der Waals surface area contributed by atoms with Crippen LogP contribution < -0.4 is 15.4 Å². The van der Waals surface area contributed by atoms with E-state index in [0.717, 1.165) is 67.8 Å². The lowest BCUT2D eigenvalue weighted by molar-refractivity contribution is -0.120.